The number of hydrogen-bond acceptors (Lipinski definition) is 5. The summed E-state index contributed by atoms with van der Waals surface area (Å²) in [5.74, 6) is 0.394. The van der Waals surface area contributed by atoms with Crippen LogP contribution in [0.25, 0.3) is 5.78 Å². The van der Waals surface area contributed by atoms with Gasteiger partial charge in [0.05, 0.1) is 17.6 Å². The number of rotatable bonds is 1. The zero-order chi connectivity index (χ0) is 15.3. The lowest BCUT2D eigenvalue weighted by Crippen LogP contribution is -2.35. The molecular formula is C14H15N7O. The van der Waals surface area contributed by atoms with E-state index < -0.39 is 0 Å². The number of amides is 1. The molecule has 0 spiro atoms. The summed E-state index contributed by atoms with van der Waals surface area (Å²) in [7, 11) is 0. The number of aromatic nitrogens is 6. The van der Waals surface area contributed by atoms with Gasteiger partial charge in [-0.05, 0) is 32.8 Å². The van der Waals surface area contributed by atoms with Crippen molar-refractivity contribution in [2.24, 2.45) is 0 Å². The monoisotopic (exact) mass is 297 g/mol. The third-order valence-corrected chi connectivity index (χ3v) is 3.85. The Kier molecular flexibility index (Phi) is 2.72. The standard InChI is InChI=1S/C14H15N7O/c1-8-6-9(2)21-14(16-8)17-12(19-21)13(22)20-5-3-4-10-11(20)7-15-18-10/h6-7H,3-5H2,1-2H3,(H,15,18). The van der Waals surface area contributed by atoms with Crippen LogP contribution in [0.4, 0.5) is 5.69 Å². The van der Waals surface area contributed by atoms with E-state index in [4.69, 9.17) is 0 Å². The maximum Gasteiger partial charge on any atom is 0.298 e. The topological polar surface area (TPSA) is 92.1 Å². The number of nitrogens with one attached hydrogen (secondary N) is 1. The number of aryl methyl sites for hydroxylation is 3. The Morgan fingerprint density at radius 3 is 3.05 bits per heavy atom. The Morgan fingerprint density at radius 2 is 2.18 bits per heavy atom. The summed E-state index contributed by atoms with van der Waals surface area (Å²) < 4.78 is 1.60. The molecule has 0 aromatic carbocycles. The summed E-state index contributed by atoms with van der Waals surface area (Å²) in [6, 6.07) is 1.91. The molecule has 3 aromatic rings. The van der Waals surface area contributed by atoms with E-state index in [1.165, 1.54) is 0 Å². The molecule has 1 amide bonds. The molecule has 0 bridgehead atoms. The Morgan fingerprint density at radius 1 is 1.32 bits per heavy atom. The molecule has 112 valence electrons. The number of anilines is 1. The van der Waals surface area contributed by atoms with Gasteiger partial charge < -0.3 is 4.90 Å². The van der Waals surface area contributed by atoms with Crippen molar-refractivity contribution in [2.45, 2.75) is 26.7 Å². The highest BCUT2D eigenvalue weighted by Gasteiger charge is 2.28. The van der Waals surface area contributed by atoms with Crippen LogP contribution in [0.3, 0.4) is 0 Å². The molecule has 1 N–H and O–H groups in total. The molecule has 22 heavy (non-hydrogen) atoms. The Bertz CT molecular complexity index is 879. The van der Waals surface area contributed by atoms with E-state index in [-0.39, 0.29) is 11.7 Å². The van der Waals surface area contributed by atoms with Crippen molar-refractivity contribution in [1.29, 1.82) is 0 Å². The highest BCUT2D eigenvalue weighted by atomic mass is 16.2. The fraction of sp³-hybridized carbons (Fsp3) is 0.357. The molecule has 1 aliphatic rings. The van der Waals surface area contributed by atoms with Crippen molar-refractivity contribution in [1.82, 2.24) is 29.8 Å². The molecule has 0 unspecified atom stereocenters. The van der Waals surface area contributed by atoms with Gasteiger partial charge in [-0.3, -0.25) is 9.89 Å². The van der Waals surface area contributed by atoms with Crippen LogP contribution in [0.5, 0.6) is 0 Å². The summed E-state index contributed by atoms with van der Waals surface area (Å²) in [6.45, 7) is 4.46. The maximum absolute atomic E-state index is 12.7. The minimum absolute atomic E-state index is 0.162. The van der Waals surface area contributed by atoms with E-state index in [2.05, 4.69) is 25.3 Å². The van der Waals surface area contributed by atoms with Crippen LogP contribution in [-0.2, 0) is 6.42 Å². The quantitative estimate of drug-likeness (QED) is 0.725. The van der Waals surface area contributed by atoms with Crippen LogP contribution in [-0.4, -0.2) is 42.2 Å². The first kappa shape index (κ1) is 12.9. The molecule has 0 radical (unpaired) electrons. The number of carbonyl (C=O) groups excluding carboxylic acids is 1. The molecule has 4 rings (SSSR count). The second-order valence-electron chi connectivity index (χ2n) is 5.48. The van der Waals surface area contributed by atoms with Gasteiger partial charge in [0.2, 0.25) is 5.82 Å². The summed E-state index contributed by atoms with van der Waals surface area (Å²) in [5.41, 5.74) is 3.55. The lowest BCUT2D eigenvalue weighted by molar-refractivity contribution is 0.0975. The normalized spacial score (nSPS) is 14.4. The predicted octanol–water partition coefficient (Wildman–Crippen LogP) is 1.06. The third-order valence-electron chi connectivity index (χ3n) is 3.85. The van der Waals surface area contributed by atoms with Crippen molar-refractivity contribution in [2.75, 3.05) is 11.4 Å². The molecule has 4 heterocycles. The Balaban J connectivity index is 1.77. The number of nitrogens with zero attached hydrogens (tertiary/aromatic N) is 6. The molecule has 0 saturated heterocycles. The molecule has 8 heteroatoms. The third kappa shape index (κ3) is 1.87. The minimum Gasteiger partial charge on any atom is -0.302 e. The van der Waals surface area contributed by atoms with Gasteiger partial charge in [0.1, 0.15) is 0 Å². The summed E-state index contributed by atoms with van der Waals surface area (Å²) >= 11 is 0. The van der Waals surface area contributed by atoms with Crippen molar-refractivity contribution < 1.29 is 4.79 Å². The van der Waals surface area contributed by atoms with Gasteiger partial charge in [0, 0.05) is 17.9 Å². The first-order valence-electron chi connectivity index (χ1n) is 7.18. The van der Waals surface area contributed by atoms with Crippen molar-refractivity contribution in [3.8, 4) is 0 Å². The minimum atomic E-state index is -0.218. The van der Waals surface area contributed by atoms with E-state index in [0.29, 0.717) is 12.3 Å². The highest BCUT2D eigenvalue weighted by Crippen LogP contribution is 2.25. The maximum atomic E-state index is 12.7. The Hall–Kier alpha value is -2.77. The number of H-pyrrole nitrogens is 1. The van der Waals surface area contributed by atoms with Crippen molar-refractivity contribution in [3.63, 3.8) is 0 Å². The Labute approximate surface area is 126 Å². The smallest absolute Gasteiger partial charge is 0.298 e. The van der Waals surface area contributed by atoms with Crippen LogP contribution in [0.1, 0.15) is 34.1 Å². The largest absolute Gasteiger partial charge is 0.302 e. The van der Waals surface area contributed by atoms with Crippen LogP contribution in [0.2, 0.25) is 0 Å². The van der Waals surface area contributed by atoms with Gasteiger partial charge in [-0.15, -0.1) is 5.10 Å². The summed E-state index contributed by atoms with van der Waals surface area (Å²) in [4.78, 5) is 23.0. The van der Waals surface area contributed by atoms with Gasteiger partial charge in [-0.1, -0.05) is 0 Å². The van der Waals surface area contributed by atoms with Crippen molar-refractivity contribution >= 4 is 17.4 Å². The zero-order valence-corrected chi connectivity index (χ0v) is 12.4. The van der Waals surface area contributed by atoms with Crippen LogP contribution < -0.4 is 4.90 Å². The zero-order valence-electron chi connectivity index (χ0n) is 12.4. The summed E-state index contributed by atoms with van der Waals surface area (Å²) in [5, 5.41) is 11.3. The predicted molar refractivity (Wildman–Crippen MR) is 78.8 cm³/mol. The lowest BCUT2D eigenvalue weighted by Gasteiger charge is -2.24. The SMILES string of the molecule is Cc1cc(C)n2nc(C(=O)N3CCCc4[nH]ncc43)nc2n1. The second-order valence-corrected chi connectivity index (χ2v) is 5.48. The van der Waals surface area contributed by atoms with Crippen LogP contribution in [0.15, 0.2) is 12.3 Å². The van der Waals surface area contributed by atoms with Crippen LogP contribution >= 0.6 is 0 Å². The molecule has 3 aromatic heterocycles. The fourth-order valence-electron chi connectivity index (χ4n) is 2.85. The van der Waals surface area contributed by atoms with Gasteiger partial charge in [-0.2, -0.15) is 10.1 Å². The second kappa shape index (κ2) is 4.62. The fourth-order valence-corrected chi connectivity index (χ4v) is 2.85. The number of fused-ring (bicyclic) bond motifs is 2. The van der Waals surface area contributed by atoms with Gasteiger partial charge in [0.25, 0.3) is 11.7 Å². The van der Waals surface area contributed by atoms with Crippen LogP contribution in [0, 0.1) is 13.8 Å². The molecule has 8 nitrogen and oxygen atoms in total. The van der Waals surface area contributed by atoms with E-state index in [0.717, 1.165) is 35.6 Å². The van der Waals surface area contributed by atoms with E-state index in [1.807, 2.05) is 19.9 Å². The highest BCUT2D eigenvalue weighted by molar-refractivity contribution is 6.04. The van der Waals surface area contributed by atoms with E-state index in [1.54, 1.807) is 15.6 Å². The molecule has 0 saturated carbocycles. The number of hydrogen-bond donors (Lipinski definition) is 1. The number of aromatic amines is 1. The van der Waals surface area contributed by atoms with E-state index >= 15 is 0 Å². The van der Waals surface area contributed by atoms with Gasteiger partial charge >= 0.3 is 0 Å². The molecular weight excluding hydrogens is 282 g/mol. The first-order valence-corrected chi connectivity index (χ1v) is 7.18. The molecule has 0 atom stereocenters. The average Bonchev–Trinajstić information content (AvgIpc) is 3.11. The lowest BCUT2D eigenvalue weighted by atomic mass is 10.1. The first-order chi connectivity index (χ1) is 10.6. The average molecular weight is 297 g/mol. The molecule has 1 aliphatic heterocycles. The van der Waals surface area contributed by atoms with Gasteiger partial charge in [0.15, 0.2) is 0 Å². The number of carbonyl (C=O) groups is 1. The molecule has 0 fully saturated rings. The van der Waals surface area contributed by atoms with Gasteiger partial charge in [-0.25, -0.2) is 9.50 Å². The van der Waals surface area contributed by atoms with Crippen molar-refractivity contribution in [3.05, 3.63) is 35.2 Å². The molecule has 0 aliphatic carbocycles. The van der Waals surface area contributed by atoms with E-state index in [9.17, 15) is 4.79 Å². The summed E-state index contributed by atoms with van der Waals surface area (Å²) in [6.07, 6.45) is 3.47.